The van der Waals surface area contributed by atoms with E-state index in [0.717, 1.165) is 17.8 Å². The van der Waals surface area contributed by atoms with E-state index in [1.807, 2.05) is 36.9 Å². The fraction of sp³-hybridized carbons (Fsp3) is 0.476. The molecule has 1 saturated heterocycles. The van der Waals surface area contributed by atoms with Gasteiger partial charge in [-0.2, -0.15) is 5.10 Å². The van der Waals surface area contributed by atoms with Gasteiger partial charge in [-0.05, 0) is 37.5 Å². The number of hydrogen-bond acceptors (Lipinski definition) is 4. The van der Waals surface area contributed by atoms with Crippen LogP contribution >= 0.6 is 0 Å². The number of carbonyl (C=O) groups excluding carboxylic acids is 2. The van der Waals surface area contributed by atoms with Crippen LogP contribution in [0.15, 0.2) is 30.3 Å². The molecule has 7 nitrogen and oxygen atoms in total. The highest BCUT2D eigenvalue weighted by molar-refractivity contribution is 5.83. The van der Waals surface area contributed by atoms with E-state index in [4.69, 9.17) is 4.74 Å². The maximum absolute atomic E-state index is 13.0. The number of aryl methyl sites for hydroxylation is 2. The highest BCUT2D eigenvalue weighted by Crippen LogP contribution is 2.20. The van der Waals surface area contributed by atoms with E-state index in [9.17, 15) is 9.59 Å². The Balaban J connectivity index is 1.39. The van der Waals surface area contributed by atoms with Gasteiger partial charge in [0.15, 0.2) is 6.10 Å². The summed E-state index contributed by atoms with van der Waals surface area (Å²) >= 11 is 0. The molecule has 148 valence electrons. The lowest BCUT2D eigenvalue weighted by Crippen LogP contribution is -2.53. The quantitative estimate of drug-likeness (QED) is 0.803. The Morgan fingerprint density at radius 3 is 2.68 bits per heavy atom. The second kappa shape index (κ2) is 7.75. The van der Waals surface area contributed by atoms with Crippen LogP contribution in [-0.4, -0.2) is 63.7 Å². The van der Waals surface area contributed by atoms with E-state index < -0.39 is 6.10 Å². The van der Waals surface area contributed by atoms with Crippen molar-refractivity contribution in [1.82, 2.24) is 19.6 Å². The van der Waals surface area contributed by atoms with Gasteiger partial charge in [0.2, 0.25) is 5.91 Å². The number of nitrogens with zero attached hydrogens (tertiary/aromatic N) is 4. The summed E-state index contributed by atoms with van der Waals surface area (Å²) in [7, 11) is 0. The average molecular weight is 382 g/mol. The van der Waals surface area contributed by atoms with Crippen LogP contribution in [0.3, 0.4) is 0 Å². The normalized spacial score (nSPS) is 19.4. The van der Waals surface area contributed by atoms with Crippen LogP contribution in [-0.2, 0) is 33.8 Å². The summed E-state index contributed by atoms with van der Waals surface area (Å²) in [6, 6.07) is 10.2. The number of fused-ring (bicyclic) bond motifs is 1. The first-order chi connectivity index (χ1) is 13.5. The average Bonchev–Trinajstić information content (AvgIpc) is 3.03. The summed E-state index contributed by atoms with van der Waals surface area (Å²) in [5, 5.41) is 4.36. The lowest BCUT2D eigenvalue weighted by molar-refractivity contribution is -0.155. The van der Waals surface area contributed by atoms with Crippen LogP contribution < -0.4 is 0 Å². The molecular weight excluding hydrogens is 356 g/mol. The van der Waals surface area contributed by atoms with Crippen LogP contribution in [0.2, 0.25) is 0 Å². The van der Waals surface area contributed by atoms with Crippen molar-refractivity contribution in [2.45, 2.75) is 39.5 Å². The Morgan fingerprint density at radius 1 is 1.14 bits per heavy atom. The zero-order chi connectivity index (χ0) is 19.7. The summed E-state index contributed by atoms with van der Waals surface area (Å²) in [5.41, 5.74) is 4.35. The van der Waals surface area contributed by atoms with E-state index in [1.165, 1.54) is 11.1 Å². The van der Waals surface area contributed by atoms with E-state index in [1.54, 1.807) is 9.58 Å². The Hall–Kier alpha value is -2.67. The molecule has 4 rings (SSSR count). The van der Waals surface area contributed by atoms with E-state index in [0.29, 0.717) is 32.8 Å². The molecule has 2 amide bonds. The summed E-state index contributed by atoms with van der Waals surface area (Å²) in [6.07, 6.45) is 0.262. The number of benzene rings is 1. The Kier molecular flexibility index (Phi) is 5.17. The van der Waals surface area contributed by atoms with Crippen molar-refractivity contribution in [3.63, 3.8) is 0 Å². The van der Waals surface area contributed by atoms with Gasteiger partial charge in [-0.3, -0.25) is 14.3 Å². The minimum absolute atomic E-state index is 0.0295. The third-order valence-electron chi connectivity index (χ3n) is 5.53. The largest absolute Gasteiger partial charge is 0.365 e. The van der Waals surface area contributed by atoms with Gasteiger partial charge >= 0.3 is 0 Å². The van der Waals surface area contributed by atoms with Gasteiger partial charge < -0.3 is 14.5 Å². The number of amides is 2. The topological polar surface area (TPSA) is 67.7 Å². The first-order valence-electron chi connectivity index (χ1n) is 9.77. The molecule has 1 aromatic heterocycles. The minimum Gasteiger partial charge on any atom is -0.365 e. The van der Waals surface area contributed by atoms with Crippen molar-refractivity contribution in [2.75, 3.05) is 26.2 Å². The van der Waals surface area contributed by atoms with Crippen LogP contribution in [0.4, 0.5) is 0 Å². The molecule has 0 radical (unpaired) electrons. The van der Waals surface area contributed by atoms with Gasteiger partial charge in [-0.25, -0.2) is 0 Å². The van der Waals surface area contributed by atoms with Gasteiger partial charge in [0.1, 0.15) is 6.54 Å². The third kappa shape index (κ3) is 3.80. The molecule has 3 heterocycles. The molecule has 0 N–H and O–H groups in total. The molecular formula is C21H26N4O3. The minimum atomic E-state index is -0.594. The number of carbonyl (C=O) groups is 2. The maximum atomic E-state index is 13.0. The lowest BCUT2D eigenvalue weighted by Gasteiger charge is -2.36. The van der Waals surface area contributed by atoms with Crippen LogP contribution in [0, 0.1) is 13.8 Å². The molecule has 1 aromatic carbocycles. The molecule has 0 aliphatic carbocycles. The second-order valence-electron chi connectivity index (χ2n) is 7.56. The first kappa shape index (κ1) is 18.7. The highest BCUT2D eigenvalue weighted by Gasteiger charge is 2.33. The van der Waals surface area contributed by atoms with Gasteiger partial charge in [0.05, 0.1) is 18.8 Å². The zero-order valence-electron chi connectivity index (χ0n) is 16.4. The van der Waals surface area contributed by atoms with Crippen molar-refractivity contribution in [2.24, 2.45) is 0 Å². The number of rotatable bonds is 3. The van der Waals surface area contributed by atoms with Crippen molar-refractivity contribution >= 4 is 11.8 Å². The monoisotopic (exact) mass is 382 g/mol. The fourth-order valence-corrected chi connectivity index (χ4v) is 3.98. The Bertz CT molecular complexity index is 892. The maximum Gasteiger partial charge on any atom is 0.253 e. The third-order valence-corrected chi connectivity index (χ3v) is 5.53. The van der Waals surface area contributed by atoms with Gasteiger partial charge in [0, 0.05) is 25.3 Å². The number of morpholine rings is 1. The molecule has 2 aliphatic heterocycles. The molecule has 2 aliphatic rings. The van der Waals surface area contributed by atoms with E-state index in [-0.39, 0.29) is 18.4 Å². The van der Waals surface area contributed by atoms with Crippen LogP contribution in [0.1, 0.15) is 22.5 Å². The Labute approximate surface area is 164 Å². The van der Waals surface area contributed by atoms with Crippen molar-refractivity contribution in [3.8, 4) is 0 Å². The van der Waals surface area contributed by atoms with Gasteiger partial charge in [0.25, 0.3) is 5.91 Å². The van der Waals surface area contributed by atoms with E-state index >= 15 is 0 Å². The van der Waals surface area contributed by atoms with Crippen LogP contribution in [0.25, 0.3) is 0 Å². The molecule has 7 heteroatoms. The predicted octanol–water partition coefficient (Wildman–Crippen LogP) is 1.31. The SMILES string of the molecule is Cc1cc(C)n(CC(=O)N2CCO[C@H](C(=O)N3CCc4ccccc4C3)C2)n1. The highest BCUT2D eigenvalue weighted by atomic mass is 16.5. The summed E-state index contributed by atoms with van der Waals surface area (Å²) in [6.45, 7) is 6.52. The summed E-state index contributed by atoms with van der Waals surface area (Å²) in [4.78, 5) is 29.3. The standard InChI is InChI=1S/C21H26N4O3/c1-15-11-16(2)25(22-15)14-20(26)23-9-10-28-19(13-23)21(27)24-8-7-17-5-3-4-6-18(17)12-24/h3-6,11,19H,7-10,12-14H2,1-2H3/t19-/m0/s1. The fourth-order valence-electron chi connectivity index (χ4n) is 3.98. The summed E-state index contributed by atoms with van der Waals surface area (Å²) in [5.74, 6) is -0.0607. The van der Waals surface area contributed by atoms with Crippen molar-refractivity contribution < 1.29 is 14.3 Å². The molecule has 0 spiro atoms. The van der Waals surface area contributed by atoms with Crippen molar-refractivity contribution in [3.05, 3.63) is 52.8 Å². The Morgan fingerprint density at radius 2 is 1.93 bits per heavy atom. The molecule has 1 atom stereocenters. The number of ether oxygens (including phenoxy) is 1. The first-order valence-corrected chi connectivity index (χ1v) is 9.77. The lowest BCUT2D eigenvalue weighted by atomic mass is 9.99. The van der Waals surface area contributed by atoms with E-state index in [2.05, 4.69) is 17.2 Å². The molecule has 28 heavy (non-hydrogen) atoms. The number of hydrogen-bond donors (Lipinski definition) is 0. The molecule has 2 aromatic rings. The molecule has 0 saturated carbocycles. The smallest absolute Gasteiger partial charge is 0.253 e. The van der Waals surface area contributed by atoms with Crippen LogP contribution in [0.5, 0.6) is 0 Å². The zero-order valence-corrected chi connectivity index (χ0v) is 16.4. The summed E-state index contributed by atoms with van der Waals surface area (Å²) < 4.78 is 7.45. The van der Waals surface area contributed by atoms with Crippen molar-refractivity contribution in [1.29, 1.82) is 0 Å². The molecule has 1 fully saturated rings. The number of aromatic nitrogens is 2. The predicted molar refractivity (Wildman–Crippen MR) is 104 cm³/mol. The second-order valence-corrected chi connectivity index (χ2v) is 7.56. The molecule has 0 bridgehead atoms. The van der Waals surface area contributed by atoms with Gasteiger partial charge in [-0.15, -0.1) is 0 Å². The molecule has 0 unspecified atom stereocenters. The van der Waals surface area contributed by atoms with Gasteiger partial charge in [-0.1, -0.05) is 24.3 Å².